The summed E-state index contributed by atoms with van der Waals surface area (Å²) in [6, 6.07) is -3.33. The van der Waals surface area contributed by atoms with Crippen LogP contribution in [0.25, 0.3) is 0 Å². The van der Waals surface area contributed by atoms with Crippen molar-refractivity contribution >= 4 is 36.3 Å². The molecule has 0 spiro atoms. The number of amides is 3. The van der Waals surface area contributed by atoms with E-state index in [1.807, 2.05) is 0 Å². The van der Waals surface area contributed by atoms with Crippen LogP contribution in [-0.4, -0.2) is 70.4 Å². The van der Waals surface area contributed by atoms with E-state index in [4.69, 9.17) is 10.8 Å². The van der Waals surface area contributed by atoms with Gasteiger partial charge in [0.05, 0.1) is 12.1 Å². The van der Waals surface area contributed by atoms with Gasteiger partial charge in [0, 0.05) is 5.75 Å². The number of carboxylic acid groups (broad SMARTS) is 1. The zero-order chi connectivity index (χ0) is 19.7. The molecule has 4 unspecified atom stereocenters. The van der Waals surface area contributed by atoms with Crippen molar-refractivity contribution in [2.24, 2.45) is 11.7 Å². The number of hydrogen-bond acceptors (Lipinski definition) is 7. The van der Waals surface area contributed by atoms with Crippen molar-refractivity contribution in [2.75, 3.05) is 12.3 Å². The van der Waals surface area contributed by atoms with Crippen molar-refractivity contribution in [3.05, 3.63) is 0 Å². The van der Waals surface area contributed by atoms with Gasteiger partial charge in [-0.15, -0.1) is 0 Å². The fourth-order valence-corrected chi connectivity index (χ4v) is 1.96. The van der Waals surface area contributed by atoms with E-state index in [-0.39, 0.29) is 11.7 Å². The Hall–Kier alpha value is -1.85. The molecule has 7 N–H and O–H groups in total. The smallest absolute Gasteiger partial charge is 0.322 e. The second-order valence-corrected chi connectivity index (χ2v) is 6.22. The van der Waals surface area contributed by atoms with Gasteiger partial charge in [0.15, 0.2) is 0 Å². The minimum absolute atomic E-state index is 0.108. The Labute approximate surface area is 151 Å². The first-order valence-electron chi connectivity index (χ1n) is 7.66. The van der Waals surface area contributed by atoms with Crippen LogP contribution in [-0.2, 0) is 19.2 Å². The predicted octanol–water partition coefficient (Wildman–Crippen LogP) is -2.55. The van der Waals surface area contributed by atoms with Gasteiger partial charge in [-0.3, -0.25) is 19.2 Å². The molecular weight excluding hydrogens is 352 g/mol. The van der Waals surface area contributed by atoms with Gasteiger partial charge < -0.3 is 31.9 Å². The van der Waals surface area contributed by atoms with Crippen molar-refractivity contribution in [3.63, 3.8) is 0 Å². The third-order valence-corrected chi connectivity index (χ3v) is 3.68. The van der Waals surface area contributed by atoms with Gasteiger partial charge in [-0.1, -0.05) is 13.8 Å². The number of nitrogens with two attached hydrogens (primary N) is 1. The molecule has 0 rings (SSSR count). The lowest BCUT2D eigenvalue weighted by Gasteiger charge is -2.25. The highest BCUT2D eigenvalue weighted by Gasteiger charge is 2.31. The normalized spacial score (nSPS) is 15.6. The molecule has 0 fully saturated rings. The summed E-state index contributed by atoms with van der Waals surface area (Å²) in [6.07, 6.45) is -1.24. The highest BCUT2D eigenvalue weighted by atomic mass is 32.1. The Balaban J connectivity index is 4.94. The average Bonchev–Trinajstić information content (AvgIpc) is 2.53. The lowest BCUT2D eigenvalue weighted by Crippen LogP contribution is -2.60. The van der Waals surface area contributed by atoms with Crippen LogP contribution in [0, 0.1) is 5.92 Å². The van der Waals surface area contributed by atoms with Crippen LogP contribution in [0.1, 0.15) is 20.8 Å². The quantitative estimate of drug-likeness (QED) is 0.205. The molecule has 0 saturated heterocycles. The van der Waals surface area contributed by atoms with Gasteiger partial charge in [-0.05, 0) is 12.8 Å². The minimum Gasteiger partial charge on any atom is -0.480 e. The van der Waals surface area contributed by atoms with Gasteiger partial charge >= 0.3 is 5.97 Å². The third-order valence-electron chi connectivity index (χ3n) is 3.31. The molecule has 0 aliphatic rings. The molecule has 0 aromatic carbocycles. The lowest BCUT2D eigenvalue weighted by atomic mass is 10.0. The number of aliphatic carboxylic acids is 1. The van der Waals surface area contributed by atoms with Crippen LogP contribution in [0.4, 0.5) is 0 Å². The van der Waals surface area contributed by atoms with Gasteiger partial charge in [-0.25, -0.2) is 0 Å². The van der Waals surface area contributed by atoms with E-state index in [0.717, 1.165) is 0 Å². The molecule has 0 heterocycles. The predicted molar refractivity (Wildman–Crippen MR) is 92.9 cm³/mol. The standard InChI is InChI=1S/C14H26N4O6S/c1-6(2)10(15)13(23)18-11(7(3)19)14(24)17-8(5-25)12(22)16-4-9(20)21/h6-8,10-11,19,25H,4-5,15H2,1-3H3,(H,16,22)(H,17,24)(H,18,23)(H,20,21). The van der Waals surface area contributed by atoms with Crippen LogP contribution in [0.15, 0.2) is 0 Å². The molecule has 0 aliphatic heterocycles. The van der Waals surface area contributed by atoms with Crippen LogP contribution in [0.3, 0.4) is 0 Å². The summed E-state index contributed by atoms with van der Waals surface area (Å²) in [5.74, 6) is -3.71. The Morgan fingerprint density at radius 2 is 1.60 bits per heavy atom. The van der Waals surface area contributed by atoms with Crippen molar-refractivity contribution in [3.8, 4) is 0 Å². The summed E-state index contributed by atoms with van der Waals surface area (Å²) in [6.45, 7) is 4.14. The largest absolute Gasteiger partial charge is 0.480 e. The maximum absolute atomic E-state index is 12.3. The molecule has 3 amide bonds. The van der Waals surface area contributed by atoms with E-state index >= 15 is 0 Å². The Kier molecular flexibility index (Phi) is 10.1. The highest BCUT2D eigenvalue weighted by Crippen LogP contribution is 2.02. The fraction of sp³-hybridized carbons (Fsp3) is 0.714. The van der Waals surface area contributed by atoms with E-state index in [1.165, 1.54) is 6.92 Å². The number of carbonyl (C=O) groups is 4. The lowest BCUT2D eigenvalue weighted by molar-refractivity contribution is -0.138. The SMILES string of the molecule is CC(C)C(N)C(=O)NC(C(=O)NC(CS)C(=O)NCC(=O)O)C(C)O. The second-order valence-electron chi connectivity index (χ2n) is 5.85. The third kappa shape index (κ3) is 8.18. The molecule has 0 aliphatic carbocycles. The number of hydrogen-bond donors (Lipinski definition) is 7. The van der Waals surface area contributed by atoms with E-state index in [1.54, 1.807) is 13.8 Å². The maximum Gasteiger partial charge on any atom is 0.322 e. The average molecular weight is 378 g/mol. The molecule has 10 nitrogen and oxygen atoms in total. The van der Waals surface area contributed by atoms with Gasteiger partial charge in [-0.2, -0.15) is 12.6 Å². The zero-order valence-electron chi connectivity index (χ0n) is 14.4. The van der Waals surface area contributed by atoms with Gasteiger partial charge in [0.1, 0.15) is 18.6 Å². The maximum atomic E-state index is 12.3. The molecule has 0 bridgehead atoms. The first kappa shape index (κ1) is 23.1. The van der Waals surface area contributed by atoms with Crippen molar-refractivity contribution < 1.29 is 29.4 Å². The van der Waals surface area contributed by atoms with E-state index in [9.17, 15) is 24.3 Å². The monoisotopic (exact) mass is 378 g/mol. The van der Waals surface area contributed by atoms with Crippen LogP contribution < -0.4 is 21.7 Å². The summed E-state index contributed by atoms with van der Waals surface area (Å²) in [5.41, 5.74) is 5.69. The summed E-state index contributed by atoms with van der Waals surface area (Å²) in [5, 5.41) is 25.0. The first-order valence-corrected chi connectivity index (χ1v) is 8.29. The molecule has 25 heavy (non-hydrogen) atoms. The Morgan fingerprint density at radius 1 is 1.04 bits per heavy atom. The van der Waals surface area contributed by atoms with Crippen LogP contribution >= 0.6 is 12.6 Å². The second kappa shape index (κ2) is 10.9. The number of thiol groups is 1. The van der Waals surface area contributed by atoms with Crippen LogP contribution in [0.2, 0.25) is 0 Å². The molecular formula is C14H26N4O6S. The molecule has 11 heteroatoms. The van der Waals surface area contributed by atoms with Crippen molar-refractivity contribution in [2.45, 2.75) is 45.0 Å². The molecule has 0 aromatic rings. The Bertz CT molecular complexity index is 500. The van der Waals surface area contributed by atoms with Crippen molar-refractivity contribution in [1.29, 1.82) is 0 Å². The summed E-state index contributed by atoms with van der Waals surface area (Å²) >= 11 is 3.93. The number of rotatable bonds is 10. The fourth-order valence-electron chi connectivity index (χ4n) is 1.70. The first-order chi connectivity index (χ1) is 11.5. The number of nitrogens with one attached hydrogen (secondary N) is 3. The molecule has 4 atom stereocenters. The topological polar surface area (TPSA) is 171 Å². The van der Waals surface area contributed by atoms with Gasteiger partial charge in [0.25, 0.3) is 0 Å². The van der Waals surface area contributed by atoms with E-state index < -0.39 is 54.5 Å². The number of carbonyl (C=O) groups excluding carboxylic acids is 3. The highest BCUT2D eigenvalue weighted by molar-refractivity contribution is 7.80. The number of carboxylic acids is 1. The summed E-state index contributed by atoms with van der Waals surface area (Å²) in [4.78, 5) is 46.5. The van der Waals surface area contributed by atoms with E-state index in [2.05, 4.69) is 28.6 Å². The molecule has 0 saturated carbocycles. The Morgan fingerprint density at radius 3 is 2.00 bits per heavy atom. The molecule has 144 valence electrons. The summed E-state index contributed by atoms with van der Waals surface area (Å²) in [7, 11) is 0. The molecule has 0 radical (unpaired) electrons. The molecule has 0 aromatic heterocycles. The minimum atomic E-state index is -1.33. The van der Waals surface area contributed by atoms with Crippen LogP contribution in [0.5, 0.6) is 0 Å². The number of aliphatic hydroxyl groups is 1. The number of aliphatic hydroxyl groups excluding tert-OH is 1. The van der Waals surface area contributed by atoms with Gasteiger partial charge in [0.2, 0.25) is 17.7 Å². The summed E-state index contributed by atoms with van der Waals surface area (Å²) < 4.78 is 0. The van der Waals surface area contributed by atoms with E-state index in [0.29, 0.717) is 0 Å². The zero-order valence-corrected chi connectivity index (χ0v) is 15.2. The van der Waals surface area contributed by atoms with Crippen molar-refractivity contribution in [1.82, 2.24) is 16.0 Å².